The number of hydrogen-bond acceptors (Lipinski definition) is 5. The Morgan fingerprint density at radius 2 is 1.88 bits per heavy atom. The molecule has 0 spiro atoms. The van der Waals surface area contributed by atoms with E-state index in [1.54, 1.807) is 19.1 Å². The molecule has 8 heteroatoms. The maximum absolute atomic E-state index is 12.2. The molecular formula is C18H22F3N3O2. The summed E-state index contributed by atoms with van der Waals surface area (Å²) in [6, 6.07) is 6.10. The summed E-state index contributed by atoms with van der Waals surface area (Å²) < 4.78 is 45.4. The molecule has 26 heavy (non-hydrogen) atoms. The van der Waals surface area contributed by atoms with Crippen molar-refractivity contribution in [3.63, 3.8) is 0 Å². The van der Waals surface area contributed by atoms with Crippen molar-refractivity contribution in [2.75, 3.05) is 13.1 Å². The molecule has 0 radical (unpaired) electrons. The molecule has 0 unspecified atom stereocenters. The van der Waals surface area contributed by atoms with E-state index in [4.69, 9.17) is 4.52 Å². The maximum Gasteiger partial charge on any atom is 0.573 e. The van der Waals surface area contributed by atoms with Crippen LogP contribution in [0.4, 0.5) is 13.2 Å². The van der Waals surface area contributed by atoms with Crippen LogP contribution in [0.5, 0.6) is 5.75 Å². The van der Waals surface area contributed by atoms with Crippen molar-refractivity contribution >= 4 is 0 Å². The van der Waals surface area contributed by atoms with Gasteiger partial charge in [-0.25, -0.2) is 0 Å². The zero-order chi connectivity index (χ0) is 18.6. The number of rotatable bonds is 6. The first-order valence-electron chi connectivity index (χ1n) is 8.73. The molecule has 0 atom stereocenters. The normalized spacial score (nSPS) is 16.8. The summed E-state index contributed by atoms with van der Waals surface area (Å²) in [7, 11) is 0. The van der Waals surface area contributed by atoms with Gasteiger partial charge >= 0.3 is 6.36 Å². The second-order valence-corrected chi connectivity index (χ2v) is 6.68. The number of likely N-dealkylation sites (tertiary alicyclic amines) is 1. The third-order valence-corrected chi connectivity index (χ3v) is 4.62. The van der Waals surface area contributed by atoms with Crippen molar-refractivity contribution in [1.29, 1.82) is 0 Å². The highest BCUT2D eigenvalue weighted by Gasteiger charge is 2.31. The van der Waals surface area contributed by atoms with Crippen LogP contribution in [-0.4, -0.2) is 34.5 Å². The first kappa shape index (κ1) is 18.7. The lowest BCUT2D eigenvalue weighted by Crippen LogP contribution is -2.33. The number of nitrogens with zero attached hydrogens (tertiary/aromatic N) is 3. The fraction of sp³-hybridized carbons (Fsp3) is 0.556. The summed E-state index contributed by atoms with van der Waals surface area (Å²) in [5.74, 6) is 1.83. The van der Waals surface area contributed by atoms with Crippen molar-refractivity contribution in [3.05, 3.63) is 41.5 Å². The van der Waals surface area contributed by atoms with E-state index < -0.39 is 6.36 Å². The SMILES string of the molecule is Cc1nc(CCC2CCN(Cc3ccc(OC(F)(F)F)cc3)CC2)no1. The third-order valence-electron chi connectivity index (χ3n) is 4.62. The lowest BCUT2D eigenvalue weighted by Gasteiger charge is -2.31. The van der Waals surface area contributed by atoms with Gasteiger partial charge < -0.3 is 9.26 Å². The van der Waals surface area contributed by atoms with Crippen molar-refractivity contribution in [2.45, 2.75) is 45.5 Å². The molecule has 1 aliphatic rings. The molecule has 142 valence electrons. The predicted molar refractivity (Wildman–Crippen MR) is 88.5 cm³/mol. The van der Waals surface area contributed by atoms with Gasteiger partial charge in [-0.3, -0.25) is 4.90 Å². The van der Waals surface area contributed by atoms with Crippen LogP contribution in [0.3, 0.4) is 0 Å². The van der Waals surface area contributed by atoms with E-state index in [0.717, 1.165) is 56.7 Å². The van der Waals surface area contributed by atoms with Gasteiger partial charge in [0.25, 0.3) is 0 Å². The number of aromatic nitrogens is 2. The van der Waals surface area contributed by atoms with Crippen LogP contribution in [0.15, 0.2) is 28.8 Å². The van der Waals surface area contributed by atoms with E-state index in [-0.39, 0.29) is 5.75 Å². The second kappa shape index (κ2) is 8.07. The smallest absolute Gasteiger partial charge is 0.406 e. The van der Waals surface area contributed by atoms with Gasteiger partial charge in [0.15, 0.2) is 5.82 Å². The quantitative estimate of drug-likeness (QED) is 0.767. The molecule has 1 saturated heterocycles. The topological polar surface area (TPSA) is 51.4 Å². The largest absolute Gasteiger partial charge is 0.573 e. The first-order valence-corrected chi connectivity index (χ1v) is 8.73. The average molecular weight is 369 g/mol. The Morgan fingerprint density at radius 3 is 2.46 bits per heavy atom. The molecule has 0 aliphatic carbocycles. The lowest BCUT2D eigenvalue weighted by molar-refractivity contribution is -0.274. The fourth-order valence-electron chi connectivity index (χ4n) is 3.26. The number of halogens is 3. The van der Waals surface area contributed by atoms with E-state index in [9.17, 15) is 13.2 Å². The lowest BCUT2D eigenvalue weighted by atomic mass is 9.92. The zero-order valence-corrected chi connectivity index (χ0v) is 14.6. The molecule has 2 aromatic rings. The van der Waals surface area contributed by atoms with Crippen LogP contribution in [0, 0.1) is 12.8 Å². The standard InChI is InChI=1S/C18H22F3N3O2/c1-13-22-17(23-26-13)7-4-14-8-10-24(11-9-14)12-15-2-5-16(6-3-15)25-18(19,20)21/h2-3,5-6,14H,4,7-12H2,1H3. The van der Waals surface area contributed by atoms with Crippen LogP contribution < -0.4 is 4.74 Å². The predicted octanol–water partition coefficient (Wildman–Crippen LogP) is 4.12. The summed E-state index contributed by atoms with van der Waals surface area (Å²) in [6.45, 7) is 4.49. The molecule has 5 nitrogen and oxygen atoms in total. The van der Waals surface area contributed by atoms with E-state index in [1.165, 1.54) is 12.1 Å². The van der Waals surface area contributed by atoms with E-state index in [1.807, 2.05) is 0 Å². The van der Waals surface area contributed by atoms with Crippen LogP contribution in [0.25, 0.3) is 0 Å². The molecule has 1 aromatic carbocycles. The molecule has 1 fully saturated rings. The van der Waals surface area contributed by atoms with E-state index in [0.29, 0.717) is 11.8 Å². The number of hydrogen-bond donors (Lipinski definition) is 0. The summed E-state index contributed by atoms with van der Waals surface area (Å²) >= 11 is 0. The monoisotopic (exact) mass is 369 g/mol. The molecule has 0 bridgehead atoms. The van der Waals surface area contributed by atoms with Gasteiger partial charge in [-0.05, 0) is 56.0 Å². The number of ether oxygens (including phenoxy) is 1. The Hall–Kier alpha value is -2.09. The average Bonchev–Trinajstić information content (AvgIpc) is 3.00. The molecule has 2 heterocycles. The Balaban J connectivity index is 1.41. The van der Waals surface area contributed by atoms with Crippen molar-refractivity contribution in [1.82, 2.24) is 15.0 Å². The summed E-state index contributed by atoms with van der Waals surface area (Å²) in [5.41, 5.74) is 0.986. The maximum atomic E-state index is 12.2. The number of aryl methyl sites for hydroxylation is 2. The van der Waals surface area contributed by atoms with Gasteiger partial charge in [-0.15, -0.1) is 13.2 Å². The van der Waals surface area contributed by atoms with Gasteiger partial charge in [0, 0.05) is 19.9 Å². The summed E-state index contributed by atoms with van der Waals surface area (Å²) in [4.78, 5) is 6.55. The molecule has 3 rings (SSSR count). The van der Waals surface area contributed by atoms with Crippen LogP contribution in [-0.2, 0) is 13.0 Å². The molecule has 1 aliphatic heterocycles. The van der Waals surface area contributed by atoms with Crippen molar-refractivity contribution < 1.29 is 22.4 Å². The Bertz CT molecular complexity index is 692. The minimum atomic E-state index is -4.65. The molecular weight excluding hydrogens is 347 g/mol. The van der Waals surface area contributed by atoms with Gasteiger partial charge in [-0.2, -0.15) is 4.98 Å². The Labute approximate surface area is 150 Å². The number of piperidine rings is 1. The van der Waals surface area contributed by atoms with Crippen molar-refractivity contribution in [3.8, 4) is 5.75 Å². The highest BCUT2D eigenvalue weighted by Crippen LogP contribution is 2.25. The van der Waals surface area contributed by atoms with Gasteiger partial charge in [0.1, 0.15) is 5.75 Å². The number of alkyl halides is 3. The van der Waals surface area contributed by atoms with Crippen LogP contribution in [0.2, 0.25) is 0 Å². The van der Waals surface area contributed by atoms with Crippen molar-refractivity contribution in [2.24, 2.45) is 5.92 Å². The molecule has 0 saturated carbocycles. The van der Waals surface area contributed by atoms with Gasteiger partial charge in [-0.1, -0.05) is 17.3 Å². The van der Waals surface area contributed by atoms with Gasteiger partial charge in [0.2, 0.25) is 5.89 Å². The first-order chi connectivity index (χ1) is 12.4. The van der Waals surface area contributed by atoms with E-state index >= 15 is 0 Å². The molecule has 1 aromatic heterocycles. The minimum absolute atomic E-state index is 0.184. The van der Waals surface area contributed by atoms with E-state index in [2.05, 4.69) is 19.8 Å². The Morgan fingerprint density at radius 1 is 1.19 bits per heavy atom. The molecule has 0 amide bonds. The molecule has 0 N–H and O–H groups in total. The second-order valence-electron chi connectivity index (χ2n) is 6.68. The Kier molecular flexibility index (Phi) is 5.80. The third kappa shape index (κ3) is 5.72. The minimum Gasteiger partial charge on any atom is -0.406 e. The zero-order valence-electron chi connectivity index (χ0n) is 14.6. The fourth-order valence-corrected chi connectivity index (χ4v) is 3.26. The van der Waals surface area contributed by atoms with Crippen LogP contribution in [0.1, 0.15) is 36.5 Å². The summed E-state index contributed by atoms with van der Waals surface area (Å²) in [5, 5.41) is 3.92. The number of benzene rings is 1. The summed E-state index contributed by atoms with van der Waals surface area (Å²) in [6.07, 6.45) is -0.555. The highest BCUT2D eigenvalue weighted by molar-refractivity contribution is 5.27. The highest BCUT2D eigenvalue weighted by atomic mass is 19.4. The van der Waals surface area contributed by atoms with Gasteiger partial charge in [0.05, 0.1) is 0 Å². The van der Waals surface area contributed by atoms with Crippen LogP contribution >= 0.6 is 0 Å².